The van der Waals surface area contributed by atoms with Crippen LogP contribution in [-0.4, -0.2) is 81.7 Å². The molecule has 0 unspecified atom stereocenters. The van der Waals surface area contributed by atoms with E-state index in [0.717, 1.165) is 22.0 Å². The molecule has 2 aromatic heterocycles. The zero-order chi connectivity index (χ0) is 29.7. The Morgan fingerprint density at radius 2 is 1.54 bits per heavy atom. The molecule has 1 N–H and O–H groups in total. The molecule has 4 rings (SSSR count). The molecule has 214 valence electrons. The number of carbonyl (C=O) groups is 3. The van der Waals surface area contributed by atoms with Gasteiger partial charge in [-0.15, -0.1) is 0 Å². The number of fused-ring (bicyclic) bond motifs is 1. The first-order valence-electron chi connectivity index (χ1n) is 14.0. The number of aromatic amines is 1. The van der Waals surface area contributed by atoms with E-state index in [1.165, 1.54) is 4.90 Å². The lowest BCUT2D eigenvalue weighted by Crippen LogP contribution is -2.54. The number of carbonyl (C=O) groups excluding carboxylic acids is 3. The summed E-state index contributed by atoms with van der Waals surface area (Å²) in [5.74, 6) is -0.723. The van der Waals surface area contributed by atoms with Gasteiger partial charge < -0.3 is 19.7 Å². The first kappa shape index (κ1) is 29.5. The van der Waals surface area contributed by atoms with E-state index in [1.807, 2.05) is 94.4 Å². The monoisotopic (exact) mass is 553 g/mol. The molecule has 0 saturated carbocycles. The number of para-hydroxylation sites is 1. The van der Waals surface area contributed by atoms with Gasteiger partial charge in [-0.05, 0) is 43.5 Å². The number of nitrogens with zero attached hydrogens (tertiary/aromatic N) is 4. The molecule has 0 aliphatic rings. The molecule has 0 aliphatic heterocycles. The summed E-state index contributed by atoms with van der Waals surface area (Å²) in [5, 5.41) is 0.941. The molecule has 2 aromatic carbocycles. The molecule has 4 aromatic rings. The molecular weight excluding hydrogens is 514 g/mol. The minimum atomic E-state index is -0.663. The number of rotatable bonds is 10. The van der Waals surface area contributed by atoms with Crippen LogP contribution in [0.1, 0.15) is 48.7 Å². The van der Waals surface area contributed by atoms with Crippen molar-refractivity contribution in [3.63, 3.8) is 0 Å². The van der Waals surface area contributed by atoms with Crippen molar-refractivity contribution in [2.24, 2.45) is 5.92 Å². The number of likely N-dealkylation sites (N-methyl/N-ethyl adjacent to an activating group) is 3. The van der Waals surface area contributed by atoms with Gasteiger partial charge in [0.05, 0.1) is 0 Å². The van der Waals surface area contributed by atoms with E-state index in [-0.39, 0.29) is 29.7 Å². The van der Waals surface area contributed by atoms with Crippen LogP contribution in [0.5, 0.6) is 0 Å². The molecule has 0 spiro atoms. The van der Waals surface area contributed by atoms with E-state index in [9.17, 15) is 14.4 Å². The zero-order valence-corrected chi connectivity index (χ0v) is 24.7. The number of amides is 3. The van der Waals surface area contributed by atoms with Crippen LogP contribution in [0.15, 0.2) is 79.0 Å². The Kier molecular flexibility index (Phi) is 9.22. The van der Waals surface area contributed by atoms with Crippen molar-refractivity contribution >= 4 is 28.6 Å². The smallest absolute Gasteiger partial charge is 0.272 e. The van der Waals surface area contributed by atoms with Crippen LogP contribution in [0.4, 0.5) is 0 Å². The van der Waals surface area contributed by atoms with Gasteiger partial charge >= 0.3 is 0 Å². The molecule has 2 heterocycles. The zero-order valence-electron chi connectivity index (χ0n) is 24.7. The van der Waals surface area contributed by atoms with Crippen LogP contribution in [0, 0.1) is 5.92 Å². The highest BCUT2D eigenvalue weighted by atomic mass is 16.2. The van der Waals surface area contributed by atoms with Crippen molar-refractivity contribution in [3.8, 4) is 11.1 Å². The van der Waals surface area contributed by atoms with Crippen LogP contribution in [-0.2, 0) is 4.79 Å². The van der Waals surface area contributed by atoms with Gasteiger partial charge in [0.2, 0.25) is 5.91 Å². The summed E-state index contributed by atoms with van der Waals surface area (Å²) in [7, 11) is 3.39. The molecule has 2 atom stereocenters. The Bertz CT molecular complexity index is 1460. The maximum absolute atomic E-state index is 13.7. The number of nitrogens with one attached hydrogen (secondary N) is 1. The molecule has 0 radical (unpaired) electrons. The Labute approximate surface area is 242 Å². The normalized spacial score (nSPS) is 12.7. The van der Waals surface area contributed by atoms with Gasteiger partial charge in [0, 0.05) is 55.9 Å². The van der Waals surface area contributed by atoms with Gasteiger partial charge in [0.1, 0.15) is 17.4 Å². The SMILES string of the molecule is CCN(C(=O)c1ccc(-c2ccccc2)cn1)[C@@H](C)CN(C)C(=O)[C@H](C(C)C)N(C)C(=O)c1cc2ccccc2[nH]1. The van der Waals surface area contributed by atoms with Crippen molar-refractivity contribution in [2.45, 2.75) is 39.8 Å². The van der Waals surface area contributed by atoms with Gasteiger partial charge in [-0.1, -0.05) is 68.4 Å². The minimum absolute atomic E-state index is 0.116. The highest BCUT2D eigenvalue weighted by Crippen LogP contribution is 2.21. The molecule has 0 fully saturated rings. The number of hydrogen-bond acceptors (Lipinski definition) is 4. The second kappa shape index (κ2) is 12.8. The summed E-state index contributed by atoms with van der Waals surface area (Å²) in [6.45, 7) is 8.49. The molecule has 3 amide bonds. The first-order chi connectivity index (χ1) is 19.6. The fraction of sp³-hybridized carbons (Fsp3) is 0.333. The van der Waals surface area contributed by atoms with Crippen LogP contribution in [0.3, 0.4) is 0 Å². The fourth-order valence-corrected chi connectivity index (χ4v) is 5.34. The van der Waals surface area contributed by atoms with Crippen molar-refractivity contribution in [3.05, 3.63) is 90.4 Å². The van der Waals surface area contributed by atoms with E-state index in [1.54, 1.807) is 36.2 Å². The third kappa shape index (κ3) is 6.48. The number of benzene rings is 2. The standard InChI is InChI=1S/C33H39N5O3/c1-7-38(32(40)28-18-17-26(20-34-28)24-13-9-8-10-14-24)23(4)21-36(5)33(41)30(22(2)3)37(6)31(39)29-19-25-15-11-12-16-27(25)35-29/h8-20,22-23,30,35H,7,21H2,1-6H3/t23-,30-/m0/s1. The van der Waals surface area contributed by atoms with Gasteiger partial charge in [-0.3, -0.25) is 19.4 Å². The van der Waals surface area contributed by atoms with Crippen molar-refractivity contribution in [2.75, 3.05) is 27.2 Å². The highest BCUT2D eigenvalue weighted by Gasteiger charge is 2.34. The second-order valence-electron chi connectivity index (χ2n) is 10.8. The molecule has 8 heteroatoms. The van der Waals surface area contributed by atoms with Gasteiger partial charge in [0.15, 0.2) is 0 Å². The lowest BCUT2D eigenvalue weighted by Gasteiger charge is -2.36. The van der Waals surface area contributed by atoms with Gasteiger partial charge in [0.25, 0.3) is 11.8 Å². The average Bonchev–Trinajstić information content (AvgIpc) is 3.42. The van der Waals surface area contributed by atoms with Gasteiger partial charge in [-0.25, -0.2) is 0 Å². The Balaban J connectivity index is 1.44. The Morgan fingerprint density at radius 1 is 0.854 bits per heavy atom. The summed E-state index contributed by atoms with van der Waals surface area (Å²) in [6.07, 6.45) is 1.71. The van der Waals surface area contributed by atoms with E-state index in [4.69, 9.17) is 0 Å². The van der Waals surface area contributed by atoms with E-state index in [2.05, 4.69) is 9.97 Å². The van der Waals surface area contributed by atoms with Crippen LogP contribution in [0.25, 0.3) is 22.0 Å². The summed E-state index contributed by atoms with van der Waals surface area (Å²) < 4.78 is 0. The van der Waals surface area contributed by atoms with Crippen molar-refractivity contribution < 1.29 is 14.4 Å². The number of pyridine rings is 1. The van der Waals surface area contributed by atoms with E-state index in [0.29, 0.717) is 24.5 Å². The number of H-pyrrole nitrogens is 1. The summed E-state index contributed by atoms with van der Waals surface area (Å²) >= 11 is 0. The van der Waals surface area contributed by atoms with Crippen LogP contribution >= 0.6 is 0 Å². The number of aromatic nitrogens is 2. The van der Waals surface area contributed by atoms with Crippen molar-refractivity contribution in [1.29, 1.82) is 0 Å². The molecule has 41 heavy (non-hydrogen) atoms. The summed E-state index contributed by atoms with van der Waals surface area (Å²) in [6, 6.07) is 22.1. The molecule has 0 saturated heterocycles. The average molecular weight is 554 g/mol. The maximum atomic E-state index is 13.7. The summed E-state index contributed by atoms with van der Waals surface area (Å²) in [4.78, 5) is 52.9. The number of hydrogen-bond donors (Lipinski definition) is 1. The van der Waals surface area contributed by atoms with Crippen LogP contribution < -0.4 is 0 Å². The lowest BCUT2D eigenvalue weighted by molar-refractivity contribution is -0.136. The largest absolute Gasteiger partial charge is 0.351 e. The molecule has 8 nitrogen and oxygen atoms in total. The quantitative estimate of drug-likeness (QED) is 0.287. The van der Waals surface area contributed by atoms with Crippen LogP contribution in [0.2, 0.25) is 0 Å². The predicted octanol–water partition coefficient (Wildman–Crippen LogP) is 5.34. The Hall–Kier alpha value is -4.46. The minimum Gasteiger partial charge on any atom is -0.351 e. The molecule has 0 aliphatic carbocycles. The molecule has 0 bridgehead atoms. The summed E-state index contributed by atoms with van der Waals surface area (Å²) in [5.41, 5.74) is 3.64. The topological polar surface area (TPSA) is 89.6 Å². The lowest BCUT2D eigenvalue weighted by atomic mass is 10.0. The first-order valence-corrected chi connectivity index (χ1v) is 14.0. The third-order valence-electron chi connectivity index (χ3n) is 7.52. The predicted molar refractivity (Wildman–Crippen MR) is 163 cm³/mol. The van der Waals surface area contributed by atoms with Gasteiger partial charge in [-0.2, -0.15) is 0 Å². The third-order valence-corrected chi connectivity index (χ3v) is 7.52. The Morgan fingerprint density at radius 3 is 2.15 bits per heavy atom. The molecular formula is C33H39N5O3. The van der Waals surface area contributed by atoms with E-state index < -0.39 is 6.04 Å². The van der Waals surface area contributed by atoms with Crippen molar-refractivity contribution in [1.82, 2.24) is 24.7 Å². The maximum Gasteiger partial charge on any atom is 0.272 e. The fourth-order valence-electron chi connectivity index (χ4n) is 5.34. The highest BCUT2D eigenvalue weighted by molar-refractivity contribution is 6.00. The second-order valence-corrected chi connectivity index (χ2v) is 10.8. The van der Waals surface area contributed by atoms with E-state index >= 15 is 0 Å².